The molecule has 0 atom stereocenters. The van der Waals surface area contributed by atoms with Crippen LogP contribution in [0.4, 0.5) is 0 Å². The van der Waals surface area contributed by atoms with E-state index >= 15 is 0 Å². The molecule has 1 aliphatic rings. The minimum atomic E-state index is -0.0219. The second-order valence-corrected chi connectivity index (χ2v) is 8.70. The molecule has 0 saturated carbocycles. The van der Waals surface area contributed by atoms with Crippen molar-refractivity contribution >= 4 is 33.5 Å². The largest absolute Gasteiger partial charge is 0.456 e. The molecule has 29 heavy (non-hydrogen) atoms. The molecule has 0 bridgehead atoms. The minimum Gasteiger partial charge on any atom is -0.456 e. The van der Waals surface area contributed by atoms with Gasteiger partial charge in [0.2, 0.25) is 0 Å². The van der Waals surface area contributed by atoms with E-state index in [9.17, 15) is 0 Å². The van der Waals surface area contributed by atoms with E-state index in [-0.39, 0.29) is 5.41 Å². The zero-order valence-electron chi connectivity index (χ0n) is 16.3. The van der Waals surface area contributed by atoms with Crippen LogP contribution in [0.25, 0.3) is 44.2 Å². The fraction of sp³-hybridized carbons (Fsp3) is 0.111. The molecular weight excluding hydrogens is 376 g/mol. The van der Waals surface area contributed by atoms with E-state index in [1.54, 1.807) is 0 Å². The van der Waals surface area contributed by atoms with Crippen molar-refractivity contribution in [3.05, 3.63) is 95.0 Å². The number of furan rings is 1. The van der Waals surface area contributed by atoms with Crippen LogP contribution >= 0.6 is 11.6 Å². The molecule has 4 aromatic carbocycles. The van der Waals surface area contributed by atoms with E-state index in [1.165, 1.54) is 33.4 Å². The number of hydrogen-bond donors (Lipinski definition) is 0. The Morgan fingerprint density at radius 3 is 2.10 bits per heavy atom. The van der Waals surface area contributed by atoms with Gasteiger partial charge in [-0.3, -0.25) is 0 Å². The van der Waals surface area contributed by atoms with Gasteiger partial charge in [0, 0.05) is 16.2 Å². The Morgan fingerprint density at radius 1 is 0.621 bits per heavy atom. The molecule has 1 aromatic heterocycles. The van der Waals surface area contributed by atoms with E-state index in [0.29, 0.717) is 0 Å². The van der Waals surface area contributed by atoms with Crippen molar-refractivity contribution in [2.24, 2.45) is 0 Å². The summed E-state index contributed by atoms with van der Waals surface area (Å²) in [6, 6.07) is 27.6. The second kappa shape index (κ2) is 5.75. The number of benzene rings is 4. The highest BCUT2D eigenvalue weighted by atomic mass is 35.5. The third kappa shape index (κ3) is 2.17. The third-order valence-electron chi connectivity index (χ3n) is 6.37. The van der Waals surface area contributed by atoms with Gasteiger partial charge in [0.15, 0.2) is 0 Å². The molecule has 0 saturated heterocycles. The van der Waals surface area contributed by atoms with Gasteiger partial charge in [0.1, 0.15) is 11.2 Å². The summed E-state index contributed by atoms with van der Waals surface area (Å²) in [6.45, 7) is 4.62. The highest BCUT2D eigenvalue weighted by Crippen LogP contribution is 2.53. The van der Waals surface area contributed by atoms with Crippen LogP contribution in [0.5, 0.6) is 0 Å². The summed E-state index contributed by atoms with van der Waals surface area (Å²) in [6.07, 6.45) is 0. The predicted octanol–water partition coefficient (Wildman–Crippen LogP) is 8.21. The van der Waals surface area contributed by atoms with Gasteiger partial charge in [-0.15, -0.1) is 0 Å². The van der Waals surface area contributed by atoms with Crippen LogP contribution in [0.15, 0.2) is 83.3 Å². The zero-order valence-corrected chi connectivity index (χ0v) is 17.0. The van der Waals surface area contributed by atoms with Gasteiger partial charge in [-0.2, -0.15) is 0 Å². The Morgan fingerprint density at radius 2 is 1.24 bits per heavy atom. The first-order chi connectivity index (χ1) is 14.1. The fourth-order valence-electron chi connectivity index (χ4n) is 5.03. The topological polar surface area (TPSA) is 13.1 Å². The molecule has 1 aliphatic carbocycles. The maximum Gasteiger partial charge on any atom is 0.136 e. The number of hydrogen-bond acceptors (Lipinski definition) is 1. The van der Waals surface area contributed by atoms with Crippen molar-refractivity contribution in [2.45, 2.75) is 19.3 Å². The van der Waals surface area contributed by atoms with E-state index in [0.717, 1.165) is 27.0 Å². The lowest BCUT2D eigenvalue weighted by Gasteiger charge is -2.21. The van der Waals surface area contributed by atoms with E-state index in [4.69, 9.17) is 16.0 Å². The summed E-state index contributed by atoms with van der Waals surface area (Å²) < 4.78 is 6.14. The van der Waals surface area contributed by atoms with E-state index in [2.05, 4.69) is 68.4 Å². The lowest BCUT2D eigenvalue weighted by Crippen LogP contribution is -2.14. The summed E-state index contributed by atoms with van der Waals surface area (Å²) in [5.74, 6) is 0. The summed E-state index contributed by atoms with van der Waals surface area (Å²) in [4.78, 5) is 0. The van der Waals surface area contributed by atoms with Gasteiger partial charge >= 0.3 is 0 Å². The molecule has 0 amide bonds. The molecule has 6 rings (SSSR count). The summed E-state index contributed by atoms with van der Waals surface area (Å²) >= 11 is 6.62. The molecule has 0 N–H and O–H groups in total. The molecule has 0 aliphatic heterocycles. The Balaban J connectivity index is 1.77. The van der Waals surface area contributed by atoms with Crippen molar-refractivity contribution in [1.82, 2.24) is 0 Å². The van der Waals surface area contributed by atoms with Gasteiger partial charge < -0.3 is 4.42 Å². The minimum absolute atomic E-state index is 0.0219. The molecule has 1 heterocycles. The van der Waals surface area contributed by atoms with E-state index in [1.807, 2.05) is 24.3 Å². The second-order valence-electron chi connectivity index (χ2n) is 8.29. The highest BCUT2D eigenvalue weighted by molar-refractivity contribution is 6.38. The first-order valence-electron chi connectivity index (χ1n) is 9.91. The van der Waals surface area contributed by atoms with Gasteiger partial charge in [-0.1, -0.05) is 86.1 Å². The Bertz CT molecular complexity index is 1440. The zero-order chi connectivity index (χ0) is 19.8. The predicted molar refractivity (Wildman–Crippen MR) is 122 cm³/mol. The van der Waals surface area contributed by atoms with Gasteiger partial charge in [-0.25, -0.2) is 0 Å². The number of halogens is 1. The van der Waals surface area contributed by atoms with Gasteiger partial charge in [0.05, 0.1) is 5.02 Å². The van der Waals surface area contributed by atoms with Gasteiger partial charge in [-0.05, 0) is 51.6 Å². The first kappa shape index (κ1) is 16.9. The Kier molecular flexibility index (Phi) is 3.34. The van der Waals surface area contributed by atoms with E-state index < -0.39 is 0 Å². The molecule has 1 nitrogen and oxygen atoms in total. The van der Waals surface area contributed by atoms with Crippen molar-refractivity contribution in [3.8, 4) is 22.3 Å². The molecular formula is C27H19ClO. The molecule has 2 heteroatoms. The summed E-state index contributed by atoms with van der Waals surface area (Å²) in [5.41, 5.74) is 9.46. The maximum absolute atomic E-state index is 6.62. The lowest BCUT2D eigenvalue weighted by molar-refractivity contribution is 0.660. The molecule has 0 fully saturated rings. The van der Waals surface area contributed by atoms with Crippen LogP contribution in [-0.2, 0) is 5.41 Å². The number of rotatable bonds is 1. The first-order valence-corrected chi connectivity index (χ1v) is 10.3. The van der Waals surface area contributed by atoms with Crippen molar-refractivity contribution in [3.63, 3.8) is 0 Å². The lowest BCUT2D eigenvalue weighted by atomic mass is 9.82. The summed E-state index contributed by atoms with van der Waals surface area (Å²) in [7, 11) is 0. The average molecular weight is 395 g/mol. The van der Waals surface area contributed by atoms with Crippen LogP contribution in [0, 0.1) is 0 Å². The molecule has 0 radical (unpaired) electrons. The van der Waals surface area contributed by atoms with Crippen molar-refractivity contribution in [1.29, 1.82) is 0 Å². The number of fused-ring (bicyclic) bond motifs is 6. The molecule has 5 aromatic rings. The van der Waals surface area contributed by atoms with Crippen LogP contribution in [0.3, 0.4) is 0 Å². The fourth-order valence-corrected chi connectivity index (χ4v) is 5.29. The standard InChI is InChI=1S/C27H19ClO/c1-27(2)19-11-4-3-8-18(19)24-16(9-5-12-20(24)27)17-10-6-14-22-25(17)26-21(28)13-7-15-23(26)29-22/h3-15H,1-2H3. The smallest absolute Gasteiger partial charge is 0.136 e. The SMILES string of the molecule is CC1(C)c2ccccc2-c2c(-c3cccc4oc5cccc(Cl)c5c34)cccc21. The highest BCUT2D eigenvalue weighted by Gasteiger charge is 2.36. The monoisotopic (exact) mass is 394 g/mol. The molecule has 0 unspecified atom stereocenters. The summed E-state index contributed by atoms with van der Waals surface area (Å²) in [5, 5.41) is 2.80. The van der Waals surface area contributed by atoms with Crippen LogP contribution < -0.4 is 0 Å². The Labute approximate surface area is 174 Å². The molecule has 0 spiro atoms. The van der Waals surface area contributed by atoms with Crippen molar-refractivity contribution < 1.29 is 4.42 Å². The normalized spacial score (nSPS) is 14.3. The molecule has 140 valence electrons. The quantitative estimate of drug-likeness (QED) is 0.279. The average Bonchev–Trinajstić information content (AvgIpc) is 3.23. The maximum atomic E-state index is 6.62. The third-order valence-corrected chi connectivity index (χ3v) is 6.68. The Hall–Kier alpha value is -3.03. The van der Waals surface area contributed by atoms with Crippen LogP contribution in [0.2, 0.25) is 5.02 Å². The van der Waals surface area contributed by atoms with Crippen LogP contribution in [-0.4, -0.2) is 0 Å². The van der Waals surface area contributed by atoms with Crippen molar-refractivity contribution in [2.75, 3.05) is 0 Å². The van der Waals surface area contributed by atoms with Crippen LogP contribution in [0.1, 0.15) is 25.0 Å². The van der Waals surface area contributed by atoms with Gasteiger partial charge in [0.25, 0.3) is 0 Å².